The van der Waals surface area contributed by atoms with E-state index < -0.39 is 0 Å². The van der Waals surface area contributed by atoms with Crippen LogP contribution in [-0.2, 0) is 9.59 Å². The van der Waals surface area contributed by atoms with E-state index in [-0.39, 0.29) is 37.1 Å². The van der Waals surface area contributed by atoms with Gasteiger partial charge in [-0.2, -0.15) is 0 Å². The second kappa shape index (κ2) is 8.57. The molecule has 0 aromatic heterocycles. The summed E-state index contributed by atoms with van der Waals surface area (Å²) in [7, 11) is 0. The minimum atomic E-state index is -0.298. The molecule has 2 aromatic carbocycles. The minimum absolute atomic E-state index is 0.00140. The van der Waals surface area contributed by atoms with Crippen LogP contribution in [0.15, 0.2) is 48.5 Å². The Morgan fingerprint density at radius 2 is 1.75 bits per heavy atom. The fraction of sp³-hybridized carbons (Fsp3) is 0.222. The molecule has 126 valence electrons. The zero-order valence-corrected chi connectivity index (χ0v) is 13.4. The van der Waals surface area contributed by atoms with E-state index >= 15 is 0 Å². The Morgan fingerprint density at radius 3 is 2.50 bits per heavy atom. The van der Waals surface area contributed by atoms with Crippen molar-refractivity contribution in [2.75, 3.05) is 18.5 Å². The van der Waals surface area contributed by atoms with E-state index in [1.54, 1.807) is 24.3 Å². The third-order valence-electron chi connectivity index (χ3n) is 3.30. The molecule has 2 rings (SSSR count). The Labute approximate surface area is 140 Å². The number of phenols is 1. The molecular formula is C18H20N2O4. The molecule has 6 heteroatoms. The van der Waals surface area contributed by atoms with Gasteiger partial charge in [-0.1, -0.05) is 30.3 Å². The van der Waals surface area contributed by atoms with Gasteiger partial charge in [0.1, 0.15) is 11.5 Å². The molecule has 0 radical (unpaired) electrons. The number of aromatic hydroxyl groups is 1. The molecule has 6 nitrogen and oxygen atoms in total. The van der Waals surface area contributed by atoms with Crippen LogP contribution in [-0.4, -0.2) is 30.1 Å². The van der Waals surface area contributed by atoms with Crippen LogP contribution in [0.2, 0.25) is 0 Å². The summed E-state index contributed by atoms with van der Waals surface area (Å²) in [6, 6.07) is 13.9. The minimum Gasteiger partial charge on any atom is -0.506 e. The highest BCUT2D eigenvalue weighted by Gasteiger charge is 2.08. The summed E-state index contributed by atoms with van der Waals surface area (Å²) in [4.78, 5) is 23.5. The van der Waals surface area contributed by atoms with Gasteiger partial charge in [0.15, 0.2) is 6.61 Å². The standard InChI is InChI=1S/C18H20N2O4/c1-13-6-2-5-9-16(13)24-12-18(23)19-11-10-17(22)20-14-7-3-4-8-15(14)21/h2-9,21H,10-12H2,1H3,(H,19,23)(H,20,22). The van der Waals surface area contributed by atoms with Crippen molar-refractivity contribution in [1.82, 2.24) is 5.32 Å². The van der Waals surface area contributed by atoms with Crippen molar-refractivity contribution in [1.29, 1.82) is 0 Å². The number of carbonyl (C=O) groups excluding carboxylic acids is 2. The zero-order valence-electron chi connectivity index (χ0n) is 13.4. The number of phenolic OH excluding ortho intramolecular Hbond substituents is 1. The van der Waals surface area contributed by atoms with Gasteiger partial charge in [-0.15, -0.1) is 0 Å². The van der Waals surface area contributed by atoms with E-state index in [2.05, 4.69) is 10.6 Å². The Bertz CT molecular complexity index is 716. The van der Waals surface area contributed by atoms with Crippen LogP contribution in [0.1, 0.15) is 12.0 Å². The molecule has 0 heterocycles. The Balaban J connectivity index is 1.68. The molecule has 0 aliphatic rings. The highest BCUT2D eigenvalue weighted by Crippen LogP contribution is 2.21. The molecule has 24 heavy (non-hydrogen) atoms. The van der Waals surface area contributed by atoms with Gasteiger partial charge in [0.2, 0.25) is 5.91 Å². The normalized spacial score (nSPS) is 10.0. The Morgan fingerprint density at radius 1 is 1.04 bits per heavy atom. The largest absolute Gasteiger partial charge is 0.506 e. The molecule has 0 atom stereocenters. The highest BCUT2D eigenvalue weighted by molar-refractivity contribution is 5.92. The molecule has 0 fully saturated rings. The third kappa shape index (κ3) is 5.31. The van der Waals surface area contributed by atoms with Crippen LogP contribution in [0.3, 0.4) is 0 Å². The van der Waals surface area contributed by atoms with E-state index in [0.29, 0.717) is 11.4 Å². The smallest absolute Gasteiger partial charge is 0.257 e. The fourth-order valence-electron chi connectivity index (χ4n) is 2.02. The molecule has 3 N–H and O–H groups in total. The topological polar surface area (TPSA) is 87.7 Å². The maximum absolute atomic E-state index is 11.8. The summed E-state index contributed by atoms with van der Waals surface area (Å²) in [5.41, 5.74) is 1.30. The van der Waals surface area contributed by atoms with Gasteiger partial charge >= 0.3 is 0 Å². The molecule has 0 unspecified atom stereocenters. The van der Waals surface area contributed by atoms with E-state index in [1.807, 2.05) is 25.1 Å². The first-order chi connectivity index (χ1) is 11.6. The van der Waals surface area contributed by atoms with Crippen molar-refractivity contribution in [3.8, 4) is 11.5 Å². The van der Waals surface area contributed by atoms with Crippen molar-refractivity contribution in [3.63, 3.8) is 0 Å². The summed E-state index contributed by atoms with van der Waals surface area (Å²) in [6.45, 7) is 1.98. The number of benzene rings is 2. The first-order valence-corrected chi connectivity index (χ1v) is 7.59. The average Bonchev–Trinajstić information content (AvgIpc) is 2.56. The summed E-state index contributed by atoms with van der Waals surface area (Å²) < 4.78 is 5.42. The number of aryl methyl sites for hydroxylation is 1. The molecule has 0 aliphatic carbocycles. The maximum Gasteiger partial charge on any atom is 0.257 e. The molecule has 0 saturated carbocycles. The number of hydrogen-bond donors (Lipinski definition) is 3. The van der Waals surface area contributed by atoms with Crippen LogP contribution in [0.25, 0.3) is 0 Å². The predicted molar refractivity (Wildman–Crippen MR) is 91.0 cm³/mol. The Hall–Kier alpha value is -3.02. The molecule has 0 aliphatic heterocycles. The van der Waals surface area contributed by atoms with E-state index in [4.69, 9.17) is 4.74 Å². The summed E-state index contributed by atoms with van der Waals surface area (Å²) in [5.74, 6) is 0.0664. The summed E-state index contributed by atoms with van der Waals surface area (Å²) in [5, 5.41) is 14.8. The number of hydrogen-bond acceptors (Lipinski definition) is 4. The van der Waals surface area contributed by atoms with Crippen molar-refractivity contribution < 1.29 is 19.4 Å². The second-order valence-electron chi connectivity index (χ2n) is 5.22. The Kier molecular flexibility index (Phi) is 6.19. The van der Waals surface area contributed by atoms with E-state index in [0.717, 1.165) is 5.56 Å². The van der Waals surface area contributed by atoms with Crippen molar-refractivity contribution in [3.05, 3.63) is 54.1 Å². The van der Waals surface area contributed by atoms with Gasteiger partial charge in [0, 0.05) is 13.0 Å². The number of carbonyl (C=O) groups is 2. The monoisotopic (exact) mass is 328 g/mol. The first-order valence-electron chi connectivity index (χ1n) is 7.59. The molecule has 0 saturated heterocycles. The zero-order chi connectivity index (χ0) is 17.4. The molecule has 2 aromatic rings. The number of para-hydroxylation sites is 3. The molecule has 0 spiro atoms. The van der Waals surface area contributed by atoms with Crippen LogP contribution < -0.4 is 15.4 Å². The van der Waals surface area contributed by atoms with Crippen LogP contribution in [0.4, 0.5) is 5.69 Å². The first kappa shape index (κ1) is 17.3. The number of ether oxygens (including phenoxy) is 1. The second-order valence-corrected chi connectivity index (χ2v) is 5.22. The quantitative estimate of drug-likeness (QED) is 0.680. The average molecular weight is 328 g/mol. The highest BCUT2D eigenvalue weighted by atomic mass is 16.5. The third-order valence-corrected chi connectivity index (χ3v) is 3.30. The predicted octanol–water partition coefficient (Wildman–Crippen LogP) is 2.22. The maximum atomic E-state index is 11.8. The number of rotatable bonds is 7. The number of amides is 2. The molecule has 2 amide bonds. The molecular weight excluding hydrogens is 308 g/mol. The van der Waals surface area contributed by atoms with Crippen molar-refractivity contribution in [2.24, 2.45) is 0 Å². The number of nitrogens with one attached hydrogen (secondary N) is 2. The van der Waals surface area contributed by atoms with Crippen LogP contribution in [0.5, 0.6) is 11.5 Å². The lowest BCUT2D eigenvalue weighted by molar-refractivity contribution is -0.123. The lowest BCUT2D eigenvalue weighted by atomic mass is 10.2. The van der Waals surface area contributed by atoms with Gasteiger partial charge in [0.25, 0.3) is 5.91 Å². The van der Waals surface area contributed by atoms with Crippen molar-refractivity contribution >= 4 is 17.5 Å². The fourth-order valence-corrected chi connectivity index (χ4v) is 2.02. The van der Waals surface area contributed by atoms with Gasteiger partial charge in [-0.05, 0) is 30.7 Å². The number of anilines is 1. The molecule has 0 bridgehead atoms. The SMILES string of the molecule is Cc1ccccc1OCC(=O)NCCC(=O)Nc1ccccc1O. The van der Waals surface area contributed by atoms with Gasteiger partial charge in [-0.25, -0.2) is 0 Å². The van der Waals surface area contributed by atoms with E-state index in [1.165, 1.54) is 6.07 Å². The van der Waals surface area contributed by atoms with E-state index in [9.17, 15) is 14.7 Å². The van der Waals surface area contributed by atoms with Gasteiger partial charge < -0.3 is 20.5 Å². The van der Waals surface area contributed by atoms with Crippen LogP contribution in [0, 0.1) is 6.92 Å². The summed E-state index contributed by atoms with van der Waals surface area (Å²) in [6.07, 6.45) is 0.102. The van der Waals surface area contributed by atoms with Gasteiger partial charge in [-0.3, -0.25) is 9.59 Å². The van der Waals surface area contributed by atoms with Crippen LogP contribution >= 0.6 is 0 Å². The van der Waals surface area contributed by atoms with Gasteiger partial charge in [0.05, 0.1) is 5.69 Å². The lowest BCUT2D eigenvalue weighted by Crippen LogP contribution is -2.31. The lowest BCUT2D eigenvalue weighted by Gasteiger charge is -2.10. The summed E-state index contributed by atoms with van der Waals surface area (Å²) >= 11 is 0. The van der Waals surface area contributed by atoms with Crippen molar-refractivity contribution in [2.45, 2.75) is 13.3 Å².